The predicted octanol–water partition coefficient (Wildman–Crippen LogP) is 2.59. The number of benzene rings is 1. The van der Waals surface area contributed by atoms with E-state index in [1.54, 1.807) is 18.2 Å². The van der Waals surface area contributed by atoms with Gasteiger partial charge in [-0.05, 0) is 12.1 Å². The first-order valence-corrected chi connectivity index (χ1v) is 4.62. The number of halogens is 1. The number of nitrogens with zero attached hydrogens (tertiary/aromatic N) is 1. The topological polar surface area (TPSA) is 50.2 Å². The van der Waals surface area contributed by atoms with Crippen LogP contribution in [0.4, 0.5) is 4.39 Å². The zero-order valence-corrected chi connectivity index (χ0v) is 8.22. The van der Waals surface area contributed by atoms with Gasteiger partial charge in [0, 0.05) is 23.5 Å². The molecule has 2 rings (SSSR count). The Balaban J connectivity index is 2.53. The Morgan fingerprint density at radius 2 is 2.00 bits per heavy atom. The Morgan fingerprint density at radius 1 is 1.25 bits per heavy atom. The van der Waals surface area contributed by atoms with Gasteiger partial charge < -0.3 is 5.11 Å². The molecule has 1 heterocycles. The number of pyridine rings is 1. The number of hydrogen-bond donors (Lipinski definition) is 1. The molecule has 0 fully saturated rings. The summed E-state index contributed by atoms with van der Waals surface area (Å²) in [6.45, 7) is 0. The van der Waals surface area contributed by atoms with Crippen LogP contribution in [0.25, 0.3) is 11.1 Å². The minimum Gasteiger partial charge on any atom is -0.478 e. The molecule has 1 aromatic carbocycles. The Hall–Kier alpha value is -2.23. The summed E-state index contributed by atoms with van der Waals surface area (Å²) in [5.41, 5.74) is 0.844. The van der Waals surface area contributed by atoms with Gasteiger partial charge in [0.25, 0.3) is 0 Å². The lowest BCUT2D eigenvalue weighted by Crippen LogP contribution is -1.97. The fraction of sp³-hybridized carbons (Fsp3) is 0. The van der Waals surface area contributed by atoms with Crippen molar-refractivity contribution < 1.29 is 14.3 Å². The van der Waals surface area contributed by atoms with Gasteiger partial charge in [-0.2, -0.15) is 0 Å². The van der Waals surface area contributed by atoms with Crippen molar-refractivity contribution in [3.63, 3.8) is 0 Å². The number of carboxylic acid groups (broad SMARTS) is 1. The van der Waals surface area contributed by atoms with Crippen LogP contribution in [-0.4, -0.2) is 16.1 Å². The summed E-state index contributed by atoms with van der Waals surface area (Å²) >= 11 is 0. The number of hydrogen-bond acceptors (Lipinski definition) is 2. The van der Waals surface area contributed by atoms with Gasteiger partial charge in [-0.3, -0.25) is 4.98 Å². The molecule has 0 spiro atoms. The highest BCUT2D eigenvalue weighted by Gasteiger charge is 2.08. The van der Waals surface area contributed by atoms with Crippen LogP contribution >= 0.6 is 0 Å². The molecule has 4 heteroatoms. The predicted molar refractivity (Wildman–Crippen MR) is 56.6 cm³/mol. The van der Waals surface area contributed by atoms with Gasteiger partial charge in [0.1, 0.15) is 5.82 Å². The number of carbonyl (C=O) groups is 1. The van der Waals surface area contributed by atoms with E-state index in [4.69, 9.17) is 5.11 Å². The maximum absolute atomic E-state index is 13.4. The Bertz CT molecular complexity index is 540. The second-order valence-corrected chi connectivity index (χ2v) is 3.25. The van der Waals surface area contributed by atoms with Gasteiger partial charge >= 0.3 is 5.97 Å². The first kappa shape index (κ1) is 10.3. The summed E-state index contributed by atoms with van der Waals surface area (Å²) in [5, 5.41) is 8.79. The number of carboxylic acids is 1. The maximum atomic E-state index is 13.4. The van der Waals surface area contributed by atoms with Crippen LogP contribution in [0.3, 0.4) is 0 Å². The summed E-state index contributed by atoms with van der Waals surface area (Å²) < 4.78 is 13.4. The average Bonchev–Trinajstić information content (AvgIpc) is 2.30. The second-order valence-electron chi connectivity index (χ2n) is 3.25. The van der Waals surface area contributed by atoms with Crippen molar-refractivity contribution in [1.82, 2.24) is 4.98 Å². The molecule has 1 N–H and O–H groups in total. The number of aromatic nitrogens is 1. The number of rotatable bonds is 2. The quantitative estimate of drug-likeness (QED) is 0.841. The maximum Gasteiger partial charge on any atom is 0.337 e. The molecule has 16 heavy (non-hydrogen) atoms. The molecule has 0 aliphatic heterocycles. The molecule has 3 nitrogen and oxygen atoms in total. The Morgan fingerprint density at radius 3 is 2.69 bits per heavy atom. The molecule has 0 radical (unpaired) electrons. The molecular weight excluding hydrogens is 209 g/mol. The van der Waals surface area contributed by atoms with Crippen molar-refractivity contribution >= 4 is 5.97 Å². The molecule has 80 valence electrons. The highest BCUT2D eigenvalue weighted by molar-refractivity contribution is 5.88. The van der Waals surface area contributed by atoms with E-state index in [-0.39, 0.29) is 5.56 Å². The lowest BCUT2D eigenvalue weighted by Gasteiger charge is -2.03. The third kappa shape index (κ3) is 1.91. The van der Waals surface area contributed by atoms with Crippen LogP contribution < -0.4 is 0 Å². The number of aromatic carboxylic acids is 1. The van der Waals surface area contributed by atoms with Gasteiger partial charge in [0.2, 0.25) is 0 Å². The van der Waals surface area contributed by atoms with Gasteiger partial charge in [-0.1, -0.05) is 18.2 Å². The monoisotopic (exact) mass is 217 g/mol. The normalized spacial score (nSPS) is 10.1. The first-order valence-electron chi connectivity index (χ1n) is 4.62. The zero-order chi connectivity index (χ0) is 11.5. The highest BCUT2D eigenvalue weighted by Crippen LogP contribution is 2.22. The van der Waals surface area contributed by atoms with E-state index in [1.807, 2.05) is 0 Å². The fourth-order valence-corrected chi connectivity index (χ4v) is 1.40. The SMILES string of the molecule is O=C(O)c1cncc(-c2ccccc2F)c1. The molecule has 0 aliphatic carbocycles. The lowest BCUT2D eigenvalue weighted by molar-refractivity contribution is 0.0696. The second kappa shape index (κ2) is 4.10. The zero-order valence-electron chi connectivity index (χ0n) is 8.22. The third-order valence-corrected chi connectivity index (χ3v) is 2.17. The van der Waals surface area contributed by atoms with E-state index in [2.05, 4.69) is 4.98 Å². The molecule has 0 atom stereocenters. The molecule has 2 aromatic rings. The van der Waals surface area contributed by atoms with Crippen molar-refractivity contribution in [2.75, 3.05) is 0 Å². The van der Waals surface area contributed by atoms with Gasteiger partial charge in [-0.15, -0.1) is 0 Å². The molecule has 0 bridgehead atoms. The highest BCUT2D eigenvalue weighted by atomic mass is 19.1. The largest absolute Gasteiger partial charge is 0.478 e. The van der Waals surface area contributed by atoms with E-state index >= 15 is 0 Å². The van der Waals surface area contributed by atoms with E-state index in [0.717, 1.165) is 0 Å². The van der Waals surface area contributed by atoms with Gasteiger partial charge in [-0.25, -0.2) is 9.18 Å². The average molecular weight is 217 g/mol. The smallest absolute Gasteiger partial charge is 0.337 e. The molecular formula is C12H8FNO2. The summed E-state index contributed by atoms with van der Waals surface area (Å²) in [4.78, 5) is 14.5. The molecule has 0 aliphatic rings. The summed E-state index contributed by atoms with van der Waals surface area (Å²) in [6.07, 6.45) is 2.66. The fourth-order valence-electron chi connectivity index (χ4n) is 1.40. The molecule has 0 saturated heterocycles. The summed E-state index contributed by atoms with van der Waals surface area (Å²) in [5.74, 6) is -1.47. The van der Waals surface area contributed by atoms with Crippen LogP contribution in [0.5, 0.6) is 0 Å². The summed E-state index contributed by atoms with van der Waals surface area (Å²) in [7, 11) is 0. The Kier molecular flexibility index (Phi) is 2.64. The van der Waals surface area contributed by atoms with Crippen molar-refractivity contribution in [2.24, 2.45) is 0 Å². The summed E-state index contributed by atoms with van der Waals surface area (Å²) in [6, 6.07) is 7.56. The van der Waals surface area contributed by atoms with Crippen LogP contribution in [0.15, 0.2) is 42.7 Å². The molecule has 0 unspecified atom stereocenters. The minimum atomic E-state index is -1.08. The minimum absolute atomic E-state index is 0.0424. The van der Waals surface area contributed by atoms with Crippen molar-refractivity contribution in [2.45, 2.75) is 0 Å². The van der Waals surface area contributed by atoms with Gasteiger partial charge in [0.15, 0.2) is 0 Å². The molecule has 0 amide bonds. The standard InChI is InChI=1S/C12H8FNO2/c13-11-4-2-1-3-10(11)8-5-9(12(15)16)7-14-6-8/h1-7H,(H,15,16). The van der Waals surface area contributed by atoms with Gasteiger partial charge in [0.05, 0.1) is 5.56 Å². The van der Waals surface area contributed by atoms with Crippen LogP contribution in [-0.2, 0) is 0 Å². The van der Waals surface area contributed by atoms with E-state index < -0.39 is 11.8 Å². The first-order chi connectivity index (χ1) is 7.68. The van der Waals surface area contributed by atoms with Crippen LogP contribution in [0.2, 0.25) is 0 Å². The van der Waals surface area contributed by atoms with Crippen molar-refractivity contribution in [1.29, 1.82) is 0 Å². The van der Waals surface area contributed by atoms with Crippen molar-refractivity contribution in [3.8, 4) is 11.1 Å². The lowest BCUT2D eigenvalue weighted by atomic mass is 10.1. The third-order valence-electron chi connectivity index (χ3n) is 2.17. The van der Waals surface area contributed by atoms with Crippen LogP contribution in [0, 0.1) is 5.82 Å². The Labute approximate surface area is 91.2 Å². The molecule has 0 saturated carbocycles. The van der Waals surface area contributed by atoms with E-state index in [9.17, 15) is 9.18 Å². The van der Waals surface area contributed by atoms with Crippen LogP contribution in [0.1, 0.15) is 10.4 Å². The molecule has 1 aromatic heterocycles. The van der Waals surface area contributed by atoms with Crippen molar-refractivity contribution in [3.05, 3.63) is 54.1 Å². The van der Waals surface area contributed by atoms with E-state index in [1.165, 1.54) is 24.5 Å². The van der Waals surface area contributed by atoms with E-state index in [0.29, 0.717) is 11.1 Å².